The first-order chi connectivity index (χ1) is 9.83. The third kappa shape index (κ3) is 2.08. The van der Waals surface area contributed by atoms with Crippen LogP contribution in [0.5, 0.6) is 0 Å². The Bertz CT molecular complexity index is 603. The van der Waals surface area contributed by atoms with Gasteiger partial charge in [-0.1, -0.05) is 24.3 Å². The number of benzene rings is 1. The van der Waals surface area contributed by atoms with Gasteiger partial charge in [-0.25, -0.2) is 0 Å². The maximum absolute atomic E-state index is 6.08. The van der Waals surface area contributed by atoms with Crippen LogP contribution < -0.4 is 10.6 Å². The first-order valence-electron chi connectivity index (χ1n) is 7.39. The summed E-state index contributed by atoms with van der Waals surface area (Å²) < 4.78 is 4.41. The molecule has 0 atom stereocenters. The summed E-state index contributed by atoms with van der Waals surface area (Å²) in [5, 5.41) is 1.33. The molecule has 20 heavy (non-hydrogen) atoms. The second kappa shape index (κ2) is 4.77. The van der Waals surface area contributed by atoms with Gasteiger partial charge in [0.1, 0.15) is 10.8 Å². The van der Waals surface area contributed by atoms with E-state index in [1.165, 1.54) is 34.5 Å². The molecule has 0 unspecified atom stereocenters. The lowest BCUT2D eigenvalue weighted by Gasteiger charge is -2.21. The summed E-state index contributed by atoms with van der Waals surface area (Å²) in [6, 6.07) is 8.83. The van der Waals surface area contributed by atoms with Crippen molar-refractivity contribution >= 4 is 22.4 Å². The van der Waals surface area contributed by atoms with Crippen LogP contribution in [0, 0.1) is 0 Å². The number of anilines is 2. The van der Waals surface area contributed by atoms with Crippen LogP contribution in [0.15, 0.2) is 24.3 Å². The number of aromatic nitrogens is 1. The number of nitrogens with zero attached hydrogens (tertiary/aromatic N) is 2. The van der Waals surface area contributed by atoms with E-state index in [4.69, 9.17) is 5.73 Å². The zero-order valence-corrected chi connectivity index (χ0v) is 12.3. The molecular formula is C16H19N3S. The molecule has 3 nitrogen and oxygen atoms in total. The van der Waals surface area contributed by atoms with Gasteiger partial charge in [-0.2, -0.15) is 4.37 Å². The second-order valence-corrected chi connectivity index (χ2v) is 6.57. The summed E-state index contributed by atoms with van der Waals surface area (Å²) >= 11 is 1.59. The summed E-state index contributed by atoms with van der Waals surface area (Å²) in [7, 11) is 0. The highest BCUT2D eigenvalue weighted by Crippen LogP contribution is 2.49. The number of fused-ring (bicyclic) bond motifs is 1. The third-order valence-corrected chi connectivity index (χ3v) is 5.37. The Kier molecular flexibility index (Phi) is 2.91. The van der Waals surface area contributed by atoms with Crippen molar-refractivity contribution in [3.8, 4) is 0 Å². The topological polar surface area (TPSA) is 42.1 Å². The molecule has 4 heteroatoms. The van der Waals surface area contributed by atoms with Gasteiger partial charge in [-0.3, -0.25) is 0 Å². The Morgan fingerprint density at radius 1 is 1.10 bits per heavy atom. The molecule has 0 bridgehead atoms. The Morgan fingerprint density at radius 2 is 1.75 bits per heavy atom. The van der Waals surface area contributed by atoms with E-state index in [-0.39, 0.29) is 0 Å². The number of rotatable bonds is 2. The van der Waals surface area contributed by atoms with Gasteiger partial charge < -0.3 is 10.6 Å². The summed E-state index contributed by atoms with van der Waals surface area (Å²) in [4.78, 5) is 2.50. The fourth-order valence-electron chi connectivity index (χ4n) is 3.16. The molecule has 1 saturated carbocycles. The molecule has 104 valence electrons. The lowest BCUT2D eigenvalue weighted by molar-refractivity contribution is 0.807. The number of hydrogen-bond acceptors (Lipinski definition) is 4. The molecule has 1 aliphatic heterocycles. The van der Waals surface area contributed by atoms with E-state index in [1.54, 1.807) is 11.5 Å². The number of nitrogen functional groups attached to an aromatic ring is 1. The third-order valence-electron chi connectivity index (χ3n) is 4.43. The lowest BCUT2D eigenvalue weighted by Crippen LogP contribution is -2.26. The van der Waals surface area contributed by atoms with Crippen LogP contribution in [0.25, 0.3) is 0 Å². The van der Waals surface area contributed by atoms with Crippen LogP contribution >= 0.6 is 11.5 Å². The van der Waals surface area contributed by atoms with Crippen molar-refractivity contribution < 1.29 is 0 Å². The van der Waals surface area contributed by atoms with Gasteiger partial charge in [0, 0.05) is 18.7 Å². The highest BCUT2D eigenvalue weighted by atomic mass is 32.1. The minimum absolute atomic E-state index is 0.675. The Hall–Kier alpha value is -1.55. The van der Waals surface area contributed by atoms with Crippen molar-refractivity contribution in [2.75, 3.05) is 23.7 Å². The summed E-state index contributed by atoms with van der Waals surface area (Å²) in [5.41, 5.74) is 10.4. The van der Waals surface area contributed by atoms with Gasteiger partial charge in [-0.15, -0.1) is 0 Å². The van der Waals surface area contributed by atoms with Crippen LogP contribution in [0.1, 0.15) is 35.4 Å². The molecule has 2 aliphatic rings. The van der Waals surface area contributed by atoms with Gasteiger partial charge in [-0.05, 0) is 54.3 Å². The van der Waals surface area contributed by atoms with Crippen molar-refractivity contribution in [2.45, 2.75) is 31.6 Å². The molecule has 0 saturated heterocycles. The smallest absolute Gasteiger partial charge is 0.142 e. The standard InChI is InChI=1S/C16H19N3S/c17-15-14(13-5-6-13)16(20-18-15)19-9-7-11-3-1-2-4-12(11)8-10-19/h1-4,13H,5-10H2,(H2,17,18). The van der Waals surface area contributed by atoms with Gasteiger partial charge in [0.15, 0.2) is 0 Å². The fourth-order valence-corrected chi connectivity index (χ4v) is 4.11. The molecule has 0 radical (unpaired) electrons. The number of hydrogen-bond donors (Lipinski definition) is 1. The molecule has 1 aliphatic carbocycles. The molecule has 2 heterocycles. The molecule has 0 spiro atoms. The van der Waals surface area contributed by atoms with Crippen molar-refractivity contribution in [2.24, 2.45) is 0 Å². The summed E-state index contributed by atoms with van der Waals surface area (Å²) in [6.45, 7) is 2.16. The molecule has 1 aromatic heterocycles. The molecule has 2 N–H and O–H groups in total. The molecule has 1 aromatic carbocycles. The van der Waals surface area contributed by atoms with E-state index in [0.29, 0.717) is 5.92 Å². The van der Waals surface area contributed by atoms with Crippen LogP contribution in [0.4, 0.5) is 10.8 Å². The lowest BCUT2D eigenvalue weighted by atomic mass is 10.0. The largest absolute Gasteiger partial charge is 0.383 e. The molecule has 2 aromatic rings. The highest BCUT2D eigenvalue weighted by Gasteiger charge is 2.32. The Morgan fingerprint density at radius 3 is 2.35 bits per heavy atom. The van der Waals surface area contributed by atoms with Crippen LogP contribution in [-0.4, -0.2) is 17.5 Å². The van der Waals surface area contributed by atoms with Gasteiger partial charge >= 0.3 is 0 Å². The molecule has 1 fully saturated rings. The quantitative estimate of drug-likeness (QED) is 0.921. The van der Waals surface area contributed by atoms with Crippen LogP contribution in [-0.2, 0) is 12.8 Å². The van der Waals surface area contributed by atoms with Gasteiger partial charge in [0.25, 0.3) is 0 Å². The van der Waals surface area contributed by atoms with Crippen LogP contribution in [0.3, 0.4) is 0 Å². The number of nitrogens with two attached hydrogens (primary N) is 1. The first kappa shape index (κ1) is 12.2. The fraction of sp³-hybridized carbons (Fsp3) is 0.438. The monoisotopic (exact) mass is 285 g/mol. The highest BCUT2D eigenvalue weighted by molar-refractivity contribution is 7.10. The zero-order valence-electron chi connectivity index (χ0n) is 11.5. The molecule has 0 amide bonds. The first-order valence-corrected chi connectivity index (χ1v) is 8.17. The molecule has 4 rings (SSSR count). The maximum atomic E-state index is 6.08. The maximum Gasteiger partial charge on any atom is 0.142 e. The molecular weight excluding hydrogens is 266 g/mol. The minimum Gasteiger partial charge on any atom is -0.383 e. The minimum atomic E-state index is 0.675. The van der Waals surface area contributed by atoms with E-state index in [1.807, 2.05) is 0 Å². The summed E-state index contributed by atoms with van der Waals surface area (Å²) in [5.74, 6) is 1.45. The van der Waals surface area contributed by atoms with Gasteiger partial charge in [0.2, 0.25) is 0 Å². The predicted octanol–water partition coefficient (Wildman–Crippen LogP) is 3.21. The Labute approximate surface area is 123 Å². The Balaban J connectivity index is 1.62. The van der Waals surface area contributed by atoms with Crippen molar-refractivity contribution in [3.63, 3.8) is 0 Å². The van der Waals surface area contributed by atoms with E-state index in [9.17, 15) is 0 Å². The van der Waals surface area contributed by atoms with E-state index < -0.39 is 0 Å². The van der Waals surface area contributed by atoms with E-state index >= 15 is 0 Å². The van der Waals surface area contributed by atoms with Crippen molar-refractivity contribution in [1.29, 1.82) is 0 Å². The second-order valence-electron chi connectivity index (χ2n) is 5.82. The average Bonchev–Trinajstić information content (AvgIpc) is 3.26. The van der Waals surface area contributed by atoms with Crippen LogP contribution in [0.2, 0.25) is 0 Å². The average molecular weight is 285 g/mol. The summed E-state index contributed by atoms with van der Waals surface area (Å²) in [6.07, 6.45) is 4.81. The SMILES string of the molecule is Nc1nsc(N2CCc3ccccc3CC2)c1C1CC1. The van der Waals surface area contributed by atoms with E-state index in [2.05, 4.69) is 33.5 Å². The predicted molar refractivity (Wildman–Crippen MR) is 84.6 cm³/mol. The van der Waals surface area contributed by atoms with E-state index in [0.717, 1.165) is 31.7 Å². The zero-order chi connectivity index (χ0) is 13.5. The van der Waals surface area contributed by atoms with Crippen molar-refractivity contribution in [1.82, 2.24) is 4.37 Å². The normalized spacial score (nSPS) is 18.7. The van der Waals surface area contributed by atoms with Gasteiger partial charge in [0.05, 0.1) is 0 Å². The van der Waals surface area contributed by atoms with Crippen molar-refractivity contribution in [3.05, 3.63) is 41.0 Å².